The fourth-order valence-electron chi connectivity index (χ4n) is 1.77. The number of hydrogen-bond acceptors (Lipinski definition) is 4. The van der Waals surface area contributed by atoms with Gasteiger partial charge in [0, 0.05) is 25.2 Å². The van der Waals surface area contributed by atoms with E-state index in [0.29, 0.717) is 12.2 Å². The van der Waals surface area contributed by atoms with Gasteiger partial charge in [0.15, 0.2) is 0 Å². The van der Waals surface area contributed by atoms with Crippen LogP contribution in [-0.2, 0) is 14.3 Å². The Morgan fingerprint density at radius 3 is 2.65 bits per heavy atom. The molecule has 0 aromatic carbocycles. The van der Waals surface area contributed by atoms with Crippen molar-refractivity contribution < 1.29 is 14.3 Å². The molecule has 0 radical (unpaired) electrons. The van der Waals surface area contributed by atoms with Gasteiger partial charge < -0.3 is 9.47 Å². The van der Waals surface area contributed by atoms with E-state index >= 15 is 0 Å². The van der Waals surface area contributed by atoms with Gasteiger partial charge in [-0.1, -0.05) is 13.2 Å². The molecule has 4 nitrogen and oxygen atoms in total. The van der Waals surface area contributed by atoms with E-state index in [1.165, 1.54) is 6.26 Å². The standard InChI is InChI=1S/C13H21NO3/c1-4-16-10-9-14-7-5-12(6-8-14)17-13(15)11(2)3/h4,12H,1-2,5-10H2,3H3. The van der Waals surface area contributed by atoms with Crippen molar-refractivity contribution in [3.8, 4) is 0 Å². The van der Waals surface area contributed by atoms with Crippen LogP contribution in [0, 0.1) is 0 Å². The second-order valence-corrected chi connectivity index (χ2v) is 4.26. The van der Waals surface area contributed by atoms with Crippen LogP contribution in [0.15, 0.2) is 25.0 Å². The third kappa shape index (κ3) is 5.04. The lowest BCUT2D eigenvalue weighted by atomic mass is 10.1. The molecule has 1 rings (SSSR count). The highest BCUT2D eigenvalue weighted by Crippen LogP contribution is 2.14. The van der Waals surface area contributed by atoms with Crippen molar-refractivity contribution in [1.29, 1.82) is 0 Å². The summed E-state index contributed by atoms with van der Waals surface area (Å²) in [5.74, 6) is -0.279. The van der Waals surface area contributed by atoms with E-state index in [1.807, 2.05) is 0 Å². The molecule has 0 saturated carbocycles. The Bertz CT molecular complexity index is 280. The molecule has 17 heavy (non-hydrogen) atoms. The average Bonchev–Trinajstić information content (AvgIpc) is 2.31. The number of rotatable bonds is 6. The van der Waals surface area contributed by atoms with E-state index in [2.05, 4.69) is 18.1 Å². The van der Waals surface area contributed by atoms with Crippen molar-refractivity contribution in [2.45, 2.75) is 25.9 Å². The van der Waals surface area contributed by atoms with Crippen LogP contribution in [0.5, 0.6) is 0 Å². The van der Waals surface area contributed by atoms with Gasteiger partial charge in [-0.05, 0) is 19.8 Å². The SMILES string of the molecule is C=COCCN1CCC(OC(=O)C(=C)C)CC1. The first-order valence-electron chi connectivity index (χ1n) is 5.95. The van der Waals surface area contributed by atoms with Gasteiger partial charge in [0.05, 0.1) is 12.9 Å². The average molecular weight is 239 g/mol. The predicted octanol–water partition coefficient (Wildman–Crippen LogP) is 1.73. The number of esters is 1. The topological polar surface area (TPSA) is 38.8 Å². The lowest BCUT2D eigenvalue weighted by molar-refractivity contribution is -0.146. The Morgan fingerprint density at radius 2 is 2.12 bits per heavy atom. The monoisotopic (exact) mass is 239 g/mol. The van der Waals surface area contributed by atoms with Crippen molar-refractivity contribution in [1.82, 2.24) is 4.90 Å². The van der Waals surface area contributed by atoms with Crippen LogP contribution in [0.25, 0.3) is 0 Å². The molecule has 0 aliphatic carbocycles. The normalized spacial score (nSPS) is 17.5. The van der Waals surface area contributed by atoms with Gasteiger partial charge in [0.25, 0.3) is 0 Å². The van der Waals surface area contributed by atoms with Crippen molar-refractivity contribution in [3.05, 3.63) is 25.0 Å². The maximum Gasteiger partial charge on any atom is 0.333 e. The Kier molecular flexibility index (Phi) is 5.77. The third-order valence-corrected chi connectivity index (χ3v) is 2.80. The van der Waals surface area contributed by atoms with E-state index < -0.39 is 0 Å². The molecule has 4 heteroatoms. The molecule has 0 bridgehead atoms. The van der Waals surface area contributed by atoms with Crippen LogP contribution in [0.4, 0.5) is 0 Å². The summed E-state index contributed by atoms with van der Waals surface area (Å²) in [6.07, 6.45) is 3.26. The largest absolute Gasteiger partial charge is 0.500 e. The first-order chi connectivity index (χ1) is 8.13. The highest BCUT2D eigenvalue weighted by Gasteiger charge is 2.22. The summed E-state index contributed by atoms with van der Waals surface area (Å²) < 4.78 is 10.4. The van der Waals surface area contributed by atoms with Gasteiger partial charge in [0.2, 0.25) is 0 Å². The molecule has 0 amide bonds. The molecule has 1 saturated heterocycles. The van der Waals surface area contributed by atoms with Crippen LogP contribution in [0.3, 0.4) is 0 Å². The van der Waals surface area contributed by atoms with Gasteiger partial charge in [-0.15, -0.1) is 0 Å². The summed E-state index contributed by atoms with van der Waals surface area (Å²) in [6.45, 7) is 12.2. The molecule has 0 aromatic heterocycles. The molecule has 0 aromatic rings. The minimum atomic E-state index is -0.279. The molecule has 96 valence electrons. The summed E-state index contributed by atoms with van der Waals surface area (Å²) in [4.78, 5) is 13.6. The first kappa shape index (κ1) is 13.8. The molecule has 0 atom stereocenters. The zero-order chi connectivity index (χ0) is 12.7. The van der Waals surface area contributed by atoms with Crippen LogP contribution in [-0.4, -0.2) is 43.2 Å². The van der Waals surface area contributed by atoms with Crippen molar-refractivity contribution in [3.63, 3.8) is 0 Å². The molecule has 1 aliphatic rings. The minimum Gasteiger partial charge on any atom is -0.500 e. The Labute approximate surface area is 103 Å². The van der Waals surface area contributed by atoms with Crippen LogP contribution < -0.4 is 0 Å². The summed E-state index contributed by atoms with van der Waals surface area (Å²) in [5, 5.41) is 0. The summed E-state index contributed by atoms with van der Waals surface area (Å²) >= 11 is 0. The summed E-state index contributed by atoms with van der Waals surface area (Å²) in [5.41, 5.74) is 0.465. The molecule has 1 heterocycles. The van der Waals surface area contributed by atoms with E-state index in [0.717, 1.165) is 32.5 Å². The number of likely N-dealkylation sites (tertiary alicyclic amines) is 1. The van der Waals surface area contributed by atoms with Crippen LogP contribution in [0.2, 0.25) is 0 Å². The number of nitrogens with zero attached hydrogens (tertiary/aromatic N) is 1. The van der Waals surface area contributed by atoms with Gasteiger partial charge >= 0.3 is 5.97 Å². The molecule has 0 spiro atoms. The number of piperidine rings is 1. The van der Waals surface area contributed by atoms with Gasteiger partial charge in [-0.3, -0.25) is 4.90 Å². The fraction of sp³-hybridized carbons (Fsp3) is 0.615. The smallest absolute Gasteiger partial charge is 0.333 e. The molecule has 0 N–H and O–H groups in total. The van der Waals surface area contributed by atoms with Crippen molar-refractivity contribution in [2.24, 2.45) is 0 Å². The lowest BCUT2D eigenvalue weighted by Gasteiger charge is -2.31. The minimum absolute atomic E-state index is 0.0378. The van der Waals surface area contributed by atoms with Crippen molar-refractivity contribution in [2.75, 3.05) is 26.2 Å². The maximum absolute atomic E-state index is 11.3. The third-order valence-electron chi connectivity index (χ3n) is 2.80. The molecule has 1 fully saturated rings. The van der Waals surface area contributed by atoms with E-state index in [-0.39, 0.29) is 12.1 Å². The second-order valence-electron chi connectivity index (χ2n) is 4.26. The molecule has 0 unspecified atom stereocenters. The second kappa shape index (κ2) is 7.12. The summed E-state index contributed by atoms with van der Waals surface area (Å²) in [6, 6.07) is 0. The van der Waals surface area contributed by atoms with Gasteiger partial charge in [-0.2, -0.15) is 0 Å². The number of hydrogen-bond donors (Lipinski definition) is 0. The van der Waals surface area contributed by atoms with Gasteiger partial charge in [0.1, 0.15) is 6.10 Å². The Balaban J connectivity index is 2.19. The zero-order valence-electron chi connectivity index (χ0n) is 10.5. The number of ether oxygens (including phenoxy) is 2. The van der Waals surface area contributed by atoms with Gasteiger partial charge in [-0.25, -0.2) is 4.79 Å². The molecule has 1 aliphatic heterocycles. The zero-order valence-corrected chi connectivity index (χ0v) is 10.5. The Hall–Kier alpha value is -1.29. The predicted molar refractivity (Wildman–Crippen MR) is 66.5 cm³/mol. The van der Waals surface area contributed by atoms with E-state index in [1.54, 1.807) is 6.92 Å². The van der Waals surface area contributed by atoms with E-state index in [9.17, 15) is 4.79 Å². The lowest BCUT2D eigenvalue weighted by Crippen LogP contribution is -2.39. The van der Waals surface area contributed by atoms with Crippen molar-refractivity contribution >= 4 is 5.97 Å². The quantitative estimate of drug-likeness (QED) is 0.306. The number of carbonyl (C=O) groups is 1. The fourth-order valence-corrected chi connectivity index (χ4v) is 1.77. The molecular formula is C13H21NO3. The molecular weight excluding hydrogens is 218 g/mol. The highest BCUT2D eigenvalue weighted by molar-refractivity contribution is 5.87. The van der Waals surface area contributed by atoms with Crippen LogP contribution >= 0.6 is 0 Å². The van der Waals surface area contributed by atoms with E-state index in [4.69, 9.17) is 9.47 Å². The highest BCUT2D eigenvalue weighted by atomic mass is 16.5. The first-order valence-corrected chi connectivity index (χ1v) is 5.95. The summed E-state index contributed by atoms with van der Waals surface area (Å²) in [7, 11) is 0. The maximum atomic E-state index is 11.3. The van der Waals surface area contributed by atoms with Crippen LogP contribution in [0.1, 0.15) is 19.8 Å². The Morgan fingerprint density at radius 1 is 1.47 bits per heavy atom. The number of carbonyl (C=O) groups excluding carboxylic acids is 1.